The number of esters is 1. The number of rotatable bonds is 7. The molecule has 0 radical (unpaired) electrons. The Morgan fingerprint density at radius 1 is 1.10 bits per heavy atom. The molecule has 0 fully saturated rings. The second-order valence-corrected chi connectivity index (χ2v) is 6.43. The van der Waals surface area contributed by atoms with Crippen LogP contribution in [0.2, 0.25) is 0 Å². The van der Waals surface area contributed by atoms with E-state index in [1.54, 1.807) is 43.3 Å². The van der Waals surface area contributed by atoms with Crippen molar-refractivity contribution in [3.8, 4) is 5.75 Å². The Balaban J connectivity index is 1.65. The molecule has 3 rings (SSSR count). The first-order valence-electron chi connectivity index (χ1n) is 9.38. The predicted molar refractivity (Wildman–Crippen MR) is 111 cm³/mol. The Kier molecular flexibility index (Phi) is 6.36. The summed E-state index contributed by atoms with van der Waals surface area (Å²) in [4.78, 5) is 36.2. The normalized spacial score (nSPS) is 10.5. The van der Waals surface area contributed by atoms with Gasteiger partial charge >= 0.3 is 5.97 Å². The summed E-state index contributed by atoms with van der Waals surface area (Å²) in [7, 11) is 1.52. The maximum Gasteiger partial charge on any atom is 0.375 e. The molecule has 0 saturated carbocycles. The molecule has 8 nitrogen and oxygen atoms in total. The van der Waals surface area contributed by atoms with Crippen LogP contribution in [0.3, 0.4) is 0 Å². The van der Waals surface area contributed by atoms with E-state index in [4.69, 9.17) is 13.9 Å². The summed E-state index contributed by atoms with van der Waals surface area (Å²) in [6, 6.07) is 11.7. The van der Waals surface area contributed by atoms with E-state index in [1.807, 2.05) is 6.92 Å². The Bertz CT molecular complexity index is 1100. The zero-order valence-corrected chi connectivity index (χ0v) is 16.9. The lowest BCUT2D eigenvalue weighted by molar-refractivity contribution is -0.119. The average molecular weight is 410 g/mol. The van der Waals surface area contributed by atoms with E-state index in [1.165, 1.54) is 13.1 Å². The van der Waals surface area contributed by atoms with Gasteiger partial charge in [-0.2, -0.15) is 0 Å². The second kappa shape index (κ2) is 9.13. The van der Waals surface area contributed by atoms with Crippen molar-refractivity contribution in [3.05, 3.63) is 59.4 Å². The van der Waals surface area contributed by atoms with E-state index in [0.717, 1.165) is 5.39 Å². The number of anilines is 1. The molecule has 2 amide bonds. The van der Waals surface area contributed by atoms with Crippen molar-refractivity contribution >= 4 is 34.4 Å². The largest absolute Gasteiger partial charge is 0.494 e. The Labute approximate surface area is 173 Å². The molecule has 0 aliphatic carbocycles. The summed E-state index contributed by atoms with van der Waals surface area (Å²) in [6.45, 7) is 3.65. The topological polar surface area (TPSA) is 107 Å². The number of nitrogens with one attached hydrogen (secondary N) is 2. The quantitative estimate of drug-likeness (QED) is 0.579. The molecule has 0 aliphatic heterocycles. The highest BCUT2D eigenvalue weighted by Crippen LogP contribution is 2.29. The van der Waals surface area contributed by atoms with Crippen LogP contribution in [-0.2, 0) is 9.53 Å². The summed E-state index contributed by atoms with van der Waals surface area (Å²) in [5.41, 5.74) is 1.95. The lowest BCUT2D eigenvalue weighted by Crippen LogP contribution is -2.22. The number of carbonyl (C=O) groups is 3. The lowest BCUT2D eigenvalue weighted by atomic mass is 10.1. The molecule has 0 bridgehead atoms. The van der Waals surface area contributed by atoms with Crippen molar-refractivity contribution in [1.82, 2.24) is 5.32 Å². The molecule has 2 N–H and O–H groups in total. The highest BCUT2D eigenvalue weighted by Gasteiger charge is 2.20. The number of benzene rings is 2. The van der Waals surface area contributed by atoms with Crippen LogP contribution in [0.25, 0.3) is 11.0 Å². The third-order valence-electron chi connectivity index (χ3n) is 4.37. The van der Waals surface area contributed by atoms with Crippen molar-refractivity contribution in [2.45, 2.75) is 13.8 Å². The first-order valence-corrected chi connectivity index (χ1v) is 9.38. The number of hydrogen-bond donors (Lipinski definition) is 2. The third kappa shape index (κ3) is 4.60. The van der Waals surface area contributed by atoms with E-state index in [0.29, 0.717) is 34.8 Å². The van der Waals surface area contributed by atoms with Gasteiger partial charge in [-0.1, -0.05) is 6.07 Å². The van der Waals surface area contributed by atoms with Crippen LogP contribution < -0.4 is 15.4 Å². The van der Waals surface area contributed by atoms with Gasteiger partial charge < -0.3 is 24.5 Å². The van der Waals surface area contributed by atoms with Crippen LogP contribution in [0.1, 0.15) is 33.4 Å². The summed E-state index contributed by atoms with van der Waals surface area (Å²) >= 11 is 0. The Hall–Kier alpha value is -3.81. The maximum atomic E-state index is 12.4. The van der Waals surface area contributed by atoms with Gasteiger partial charge in [0.1, 0.15) is 11.3 Å². The molecule has 2 aromatic carbocycles. The molecular formula is C22H22N2O6. The van der Waals surface area contributed by atoms with Gasteiger partial charge in [0.25, 0.3) is 11.8 Å². The number of furan rings is 1. The van der Waals surface area contributed by atoms with Crippen LogP contribution in [0, 0.1) is 6.92 Å². The van der Waals surface area contributed by atoms with Gasteiger partial charge in [-0.05, 0) is 50.2 Å². The van der Waals surface area contributed by atoms with Crippen LogP contribution in [-0.4, -0.2) is 38.0 Å². The SMILES string of the molecule is CCOc1ccc2oc(C(=O)OCC(=O)Nc3cccc(C(=O)NC)c3)c(C)c2c1. The van der Waals surface area contributed by atoms with Gasteiger partial charge in [0.15, 0.2) is 6.61 Å². The van der Waals surface area contributed by atoms with Gasteiger partial charge in [-0.25, -0.2) is 4.79 Å². The minimum atomic E-state index is -0.740. The summed E-state index contributed by atoms with van der Waals surface area (Å²) < 4.78 is 16.2. The minimum absolute atomic E-state index is 0.0352. The van der Waals surface area contributed by atoms with Gasteiger partial charge in [0.05, 0.1) is 6.61 Å². The van der Waals surface area contributed by atoms with Crippen LogP contribution in [0.4, 0.5) is 5.69 Å². The maximum absolute atomic E-state index is 12.4. The Morgan fingerprint density at radius 3 is 2.63 bits per heavy atom. The standard InChI is InChI=1S/C22H22N2O6/c1-4-28-16-8-9-18-17(11-16)13(2)20(30-18)22(27)29-12-19(25)24-15-7-5-6-14(10-15)21(26)23-3/h5-11H,4,12H2,1-3H3,(H,23,26)(H,24,25). The fraction of sp³-hybridized carbons (Fsp3) is 0.227. The fourth-order valence-electron chi connectivity index (χ4n) is 2.93. The van der Waals surface area contributed by atoms with Crippen LogP contribution in [0.5, 0.6) is 5.75 Å². The van der Waals surface area contributed by atoms with Gasteiger partial charge in [-0.15, -0.1) is 0 Å². The van der Waals surface area contributed by atoms with Gasteiger partial charge in [0.2, 0.25) is 5.76 Å². The number of fused-ring (bicyclic) bond motifs is 1. The number of aryl methyl sites for hydroxylation is 1. The number of ether oxygens (including phenoxy) is 2. The smallest absolute Gasteiger partial charge is 0.375 e. The van der Waals surface area contributed by atoms with Crippen molar-refractivity contribution in [1.29, 1.82) is 0 Å². The molecule has 0 unspecified atom stereocenters. The number of amides is 2. The molecule has 0 aliphatic rings. The van der Waals surface area contributed by atoms with Crippen LogP contribution >= 0.6 is 0 Å². The van der Waals surface area contributed by atoms with E-state index in [9.17, 15) is 14.4 Å². The average Bonchev–Trinajstić information content (AvgIpc) is 3.08. The second-order valence-electron chi connectivity index (χ2n) is 6.43. The van der Waals surface area contributed by atoms with E-state index >= 15 is 0 Å². The monoisotopic (exact) mass is 410 g/mol. The zero-order chi connectivity index (χ0) is 21.7. The third-order valence-corrected chi connectivity index (χ3v) is 4.37. The molecule has 156 valence electrons. The summed E-state index contributed by atoms with van der Waals surface area (Å²) in [5, 5.41) is 5.83. The van der Waals surface area contributed by atoms with Crippen molar-refractivity contribution in [2.24, 2.45) is 0 Å². The van der Waals surface area contributed by atoms with Crippen molar-refractivity contribution in [3.63, 3.8) is 0 Å². The molecule has 3 aromatic rings. The molecule has 0 saturated heterocycles. The zero-order valence-electron chi connectivity index (χ0n) is 16.9. The molecule has 8 heteroatoms. The molecule has 0 atom stereocenters. The fourth-order valence-corrected chi connectivity index (χ4v) is 2.93. The molecule has 1 aromatic heterocycles. The first-order chi connectivity index (χ1) is 14.4. The van der Waals surface area contributed by atoms with Crippen LogP contribution in [0.15, 0.2) is 46.9 Å². The highest BCUT2D eigenvalue weighted by molar-refractivity contribution is 5.99. The van der Waals surface area contributed by atoms with Crippen molar-refractivity contribution < 1.29 is 28.3 Å². The van der Waals surface area contributed by atoms with Crippen molar-refractivity contribution in [2.75, 3.05) is 25.6 Å². The highest BCUT2D eigenvalue weighted by atomic mass is 16.5. The van der Waals surface area contributed by atoms with E-state index < -0.39 is 18.5 Å². The van der Waals surface area contributed by atoms with E-state index in [-0.39, 0.29) is 11.7 Å². The van der Waals surface area contributed by atoms with E-state index in [2.05, 4.69) is 10.6 Å². The molecular weight excluding hydrogens is 388 g/mol. The predicted octanol–water partition coefficient (Wildman–Crippen LogP) is 3.30. The van der Waals surface area contributed by atoms with Gasteiger partial charge in [0, 0.05) is 29.2 Å². The number of carbonyl (C=O) groups excluding carboxylic acids is 3. The summed E-state index contributed by atoms with van der Waals surface area (Å²) in [6.07, 6.45) is 0. The minimum Gasteiger partial charge on any atom is -0.494 e. The lowest BCUT2D eigenvalue weighted by Gasteiger charge is -2.07. The molecule has 0 spiro atoms. The first kappa shape index (κ1) is 20.9. The summed E-state index contributed by atoms with van der Waals surface area (Å²) in [5.74, 6) is -0.841. The molecule has 1 heterocycles. The van der Waals surface area contributed by atoms with Gasteiger partial charge in [-0.3, -0.25) is 9.59 Å². The Morgan fingerprint density at radius 2 is 1.90 bits per heavy atom. The number of hydrogen-bond acceptors (Lipinski definition) is 6. The molecule has 30 heavy (non-hydrogen) atoms.